The Bertz CT molecular complexity index is 1290. The van der Waals surface area contributed by atoms with Gasteiger partial charge >= 0.3 is 0 Å². The van der Waals surface area contributed by atoms with Crippen LogP contribution in [0, 0.1) is 0 Å². The van der Waals surface area contributed by atoms with Crippen LogP contribution in [-0.2, 0) is 16.0 Å². The highest BCUT2D eigenvalue weighted by Gasteiger charge is 2.24. The van der Waals surface area contributed by atoms with E-state index in [1.165, 1.54) is 56.2 Å². The molecule has 0 N–H and O–H groups in total. The molecule has 5 heteroatoms. The summed E-state index contributed by atoms with van der Waals surface area (Å²) in [7, 11) is 0. The lowest BCUT2D eigenvalue weighted by molar-refractivity contribution is -0.119. The smallest absolute Gasteiger partial charge is 0.258 e. The predicted molar refractivity (Wildman–Crippen MR) is 160 cm³/mol. The quantitative estimate of drug-likeness (QED) is 0.0814. The number of rotatable bonds is 16. The van der Waals surface area contributed by atoms with Gasteiger partial charge in [-0.15, -0.1) is 0 Å². The molecule has 1 heterocycles. The molecule has 0 aromatic heterocycles. The molecular formula is C35H37NO4. The summed E-state index contributed by atoms with van der Waals surface area (Å²) in [4.78, 5) is 36.9. The zero-order valence-electron chi connectivity index (χ0n) is 23.0. The average molecular weight is 536 g/mol. The largest absolute Gasteiger partial charge is 0.494 e. The first-order valence-electron chi connectivity index (χ1n) is 14.3. The molecule has 2 amide bonds. The van der Waals surface area contributed by atoms with E-state index in [1.807, 2.05) is 36.4 Å². The van der Waals surface area contributed by atoms with Gasteiger partial charge < -0.3 is 4.74 Å². The highest BCUT2D eigenvalue weighted by molar-refractivity contribution is 6.28. The van der Waals surface area contributed by atoms with Crippen molar-refractivity contribution in [2.45, 2.75) is 57.8 Å². The van der Waals surface area contributed by atoms with Gasteiger partial charge in [0.25, 0.3) is 11.8 Å². The highest BCUT2D eigenvalue weighted by atomic mass is 16.5. The fourth-order valence-corrected chi connectivity index (χ4v) is 4.69. The summed E-state index contributed by atoms with van der Waals surface area (Å²) in [5.41, 5.74) is 3.66. The zero-order chi connectivity index (χ0) is 28.0. The Balaban J connectivity index is 0.997. The lowest BCUT2D eigenvalue weighted by Crippen LogP contribution is -2.29. The predicted octanol–water partition coefficient (Wildman–Crippen LogP) is 7.75. The number of carbonyl (C=O) groups is 3. The lowest BCUT2D eigenvalue weighted by Gasteiger charge is -2.14. The summed E-state index contributed by atoms with van der Waals surface area (Å²) in [5.74, 6) is 0.149. The maximum absolute atomic E-state index is 12.2. The molecular weight excluding hydrogens is 498 g/mol. The third-order valence-corrected chi connectivity index (χ3v) is 7.00. The molecule has 0 aliphatic carbocycles. The van der Waals surface area contributed by atoms with Crippen LogP contribution >= 0.6 is 0 Å². The molecule has 5 nitrogen and oxygen atoms in total. The molecule has 3 aromatic rings. The van der Waals surface area contributed by atoms with E-state index in [0.717, 1.165) is 35.5 Å². The third-order valence-electron chi connectivity index (χ3n) is 7.00. The summed E-state index contributed by atoms with van der Waals surface area (Å²) in [6.45, 7) is 0.667. The van der Waals surface area contributed by atoms with Gasteiger partial charge in [-0.2, -0.15) is 0 Å². The molecule has 0 fully saturated rings. The van der Waals surface area contributed by atoms with Crippen LogP contribution in [0.5, 0.6) is 5.75 Å². The first-order valence-corrected chi connectivity index (χ1v) is 14.3. The number of unbranched alkanes of at least 4 members (excludes halogenated alkanes) is 7. The van der Waals surface area contributed by atoms with E-state index in [4.69, 9.17) is 4.74 Å². The summed E-state index contributed by atoms with van der Waals surface area (Å²) in [6.07, 6.45) is 16.8. The van der Waals surface area contributed by atoms with Crippen LogP contribution in [0.2, 0.25) is 0 Å². The van der Waals surface area contributed by atoms with E-state index in [-0.39, 0.29) is 17.6 Å². The summed E-state index contributed by atoms with van der Waals surface area (Å²) < 4.78 is 5.81. The van der Waals surface area contributed by atoms with Crippen LogP contribution in [0.25, 0.3) is 6.08 Å². The molecule has 1 aliphatic rings. The van der Waals surface area contributed by atoms with Gasteiger partial charge in [0.1, 0.15) is 5.75 Å². The Labute approximate surface area is 237 Å². The number of amides is 2. The van der Waals surface area contributed by atoms with Gasteiger partial charge in [-0.25, -0.2) is 4.90 Å². The van der Waals surface area contributed by atoms with E-state index < -0.39 is 0 Å². The molecule has 1 aliphatic heterocycles. The van der Waals surface area contributed by atoms with Crippen molar-refractivity contribution in [2.24, 2.45) is 0 Å². The number of hydrogen-bond acceptors (Lipinski definition) is 4. The van der Waals surface area contributed by atoms with Crippen LogP contribution < -0.4 is 9.64 Å². The van der Waals surface area contributed by atoms with Gasteiger partial charge in [0.15, 0.2) is 5.78 Å². The number of carbonyl (C=O) groups excluding carboxylic acids is 3. The maximum Gasteiger partial charge on any atom is 0.258 e. The van der Waals surface area contributed by atoms with Gasteiger partial charge in [-0.3, -0.25) is 14.4 Å². The van der Waals surface area contributed by atoms with Gasteiger partial charge in [0.2, 0.25) is 0 Å². The fraction of sp³-hybridized carbons (Fsp3) is 0.286. The topological polar surface area (TPSA) is 63.7 Å². The molecule has 3 aromatic carbocycles. The first-order chi connectivity index (χ1) is 19.6. The molecule has 0 saturated carbocycles. The summed E-state index contributed by atoms with van der Waals surface area (Å²) >= 11 is 0. The fourth-order valence-electron chi connectivity index (χ4n) is 4.69. The molecule has 0 bridgehead atoms. The molecule has 0 saturated heterocycles. The monoisotopic (exact) mass is 535 g/mol. The average Bonchev–Trinajstić information content (AvgIpc) is 3.33. The van der Waals surface area contributed by atoms with Crippen molar-refractivity contribution in [3.05, 3.63) is 114 Å². The van der Waals surface area contributed by atoms with E-state index >= 15 is 0 Å². The van der Waals surface area contributed by atoms with E-state index in [1.54, 1.807) is 30.3 Å². The highest BCUT2D eigenvalue weighted by Crippen LogP contribution is 2.22. The van der Waals surface area contributed by atoms with Crippen molar-refractivity contribution in [3.8, 4) is 5.75 Å². The van der Waals surface area contributed by atoms with Crippen molar-refractivity contribution in [1.29, 1.82) is 0 Å². The number of allylic oxidation sites excluding steroid dienone is 1. The number of aryl methyl sites for hydroxylation is 1. The zero-order valence-corrected chi connectivity index (χ0v) is 23.0. The van der Waals surface area contributed by atoms with Crippen molar-refractivity contribution in [2.75, 3.05) is 11.5 Å². The second-order valence-corrected chi connectivity index (χ2v) is 10.1. The number of ketones is 1. The standard InChI is InChI=1S/C35H37NO4/c37-33(30-13-9-7-10-14-30)24-19-29-17-15-28(16-18-29)12-8-5-3-1-2-4-6-11-27-40-32-22-20-31(21-23-32)36-34(38)25-26-35(36)39/h7,9-10,13-26H,1-6,8,11-12,27H2. The number of hydrogen-bond donors (Lipinski definition) is 0. The molecule has 0 spiro atoms. The van der Waals surface area contributed by atoms with Crippen LogP contribution in [0.1, 0.15) is 72.9 Å². The van der Waals surface area contributed by atoms with Gasteiger partial charge in [0.05, 0.1) is 12.3 Å². The number of ether oxygens (including phenoxy) is 1. The molecule has 40 heavy (non-hydrogen) atoms. The second-order valence-electron chi connectivity index (χ2n) is 10.1. The second kappa shape index (κ2) is 15.4. The Hall–Kier alpha value is -4.25. The number of benzene rings is 3. The summed E-state index contributed by atoms with van der Waals surface area (Å²) in [5, 5.41) is 0. The van der Waals surface area contributed by atoms with E-state index in [0.29, 0.717) is 17.9 Å². The maximum atomic E-state index is 12.2. The third kappa shape index (κ3) is 8.91. The Kier molecular flexibility index (Phi) is 11.0. The van der Waals surface area contributed by atoms with Gasteiger partial charge in [-0.1, -0.05) is 99.2 Å². The van der Waals surface area contributed by atoms with Gasteiger partial charge in [0, 0.05) is 17.7 Å². The number of anilines is 1. The number of imide groups is 1. The van der Waals surface area contributed by atoms with Gasteiger partial charge in [-0.05, 0) is 60.7 Å². The SMILES string of the molecule is O=C(C=Cc1ccc(CCCCCCCCCCOc2ccc(N3C(=O)C=CC3=O)cc2)cc1)c1ccccc1. The minimum atomic E-state index is -0.312. The number of nitrogens with zero attached hydrogens (tertiary/aromatic N) is 1. The normalized spacial score (nSPS) is 12.9. The Morgan fingerprint density at radius 3 is 1.93 bits per heavy atom. The van der Waals surface area contributed by atoms with Crippen LogP contribution in [0.15, 0.2) is 97.1 Å². The van der Waals surface area contributed by atoms with Crippen molar-refractivity contribution in [1.82, 2.24) is 0 Å². The Morgan fingerprint density at radius 1 is 0.675 bits per heavy atom. The lowest BCUT2D eigenvalue weighted by atomic mass is 10.0. The van der Waals surface area contributed by atoms with E-state index in [9.17, 15) is 14.4 Å². The van der Waals surface area contributed by atoms with Crippen LogP contribution in [0.4, 0.5) is 5.69 Å². The molecule has 206 valence electrons. The van der Waals surface area contributed by atoms with Crippen molar-refractivity contribution < 1.29 is 19.1 Å². The van der Waals surface area contributed by atoms with Crippen LogP contribution in [-0.4, -0.2) is 24.2 Å². The molecule has 0 radical (unpaired) electrons. The van der Waals surface area contributed by atoms with Crippen LogP contribution in [0.3, 0.4) is 0 Å². The van der Waals surface area contributed by atoms with Crippen molar-refractivity contribution >= 4 is 29.4 Å². The van der Waals surface area contributed by atoms with E-state index in [2.05, 4.69) is 24.3 Å². The molecule has 0 atom stereocenters. The molecule has 4 rings (SSSR count). The Morgan fingerprint density at radius 2 is 1.27 bits per heavy atom. The summed E-state index contributed by atoms with van der Waals surface area (Å²) in [6, 6.07) is 24.9. The molecule has 0 unspecified atom stereocenters. The van der Waals surface area contributed by atoms with Crippen molar-refractivity contribution in [3.63, 3.8) is 0 Å². The first kappa shape index (κ1) is 28.8. The minimum Gasteiger partial charge on any atom is -0.494 e. The minimum absolute atomic E-state index is 0.0238.